The number of aryl methyl sites for hydroxylation is 1. The fourth-order valence-corrected chi connectivity index (χ4v) is 3.57. The van der Waals surface area contributed by atoms with Gasteiger partial charge in [0.25, 0.3) is 0 Å². The molecule has 0 fully saturated rings. The lowest BCUT2D eigenvalue weighted by Crippen LogP contribution is -2.11. The van der Waals surface area contributed by atoms with Crippen LogP contribution < -0.4 is 5.73 Å². The number of hydrogen-bond donors (Lipinski definition) is 1. The van der Waals surface area contributed by atoms with Crippen molar-refractivity contribution in [3.63, 3.8) is 0 Å². The maximum atomic E-state index is 6.21. The van der Waals surface area contributed by atoms with E-state index in [0.717, 1.165) is 16.5 Å². The Kier molecular flexibility index (Phi) is 4.73. The molecule has 1 atom stereocenters. The summed E-state index contributed by atoms with van der Waals surface area (Å²) < 4.78 is 1.12. The molecular weight excluding hydrogens is 353 g/mol. The topological polar surface area (TPSA) is 26.0 Å². The van der Waals surface area contributed by atoms with Gasteiger partial charge in [0.2, 0.25) is 0 Å². The highest BCUT2D eigenvalue weighted by atomic mass is 79.9. The molecular formula is C13H12BrCl2NS. The molecule has 2 rings (SSSR count). The van der Waals surface area contributed by atoms with Gasteiger partial charge in [0.05, 0.1) is 10.0 Å². The molecule has 2 aromatic rings. The summed E-state index contributed by atoms with van der Waals surface area (Å²) in [6.07, 6.45) is 0.753. The first-order valence-electron chi connectivity index (χ1n) is 5.42. The van der Waals surface area contributed by atoms with Gasteiger partial charge in [-0.1, -0.05) is 29.3 Å². The van der Waals surface area contributed by atoms with Crippen LogP contribution in [0.25, 0.3) is 0 Å². The van der Waals surface area contributed by atoms with Crippen molar-refractivity contribution in [3.05, 3.63) is 54.1 Å². The summed E-state index contributed by atoms with van der Waals surface area (Å²) in [4.78, 5) is 2.42. The maximum absolute atomic E-state index is 6.21. The SMILES string of the molecule is Cc1sc(C(N)Cc2ccc(Cl)c(Cl)c2)cc1Br. The molecule has 0 amide bonds. The third kappa shape index (κ3) is 3.28. The van der Waals surface area contributed by atoms with Crippen molar-refractivity contribution in [1.29, 1.82) is 0 Å². The van der Waals surface area contributed by atoms with Gasteiger partial charge in [-0.2, -0.15) is 0 Å². The molecule has 1 heterocycles. The van der Waals surface area contributed by atoms with Crippen molar-refractivity contribution >= 4 is 50.5 Å². The predicted octanol–water partition coefficient (Wildman–Crippen LogP) is 5.37. The van der Waals surface area contributed by atoms with E-state index < -0.39 is 0 Å². The van der Waals surface area contributed by atoms with E-state index in [9.17, 15) is 0 Å². The zero-order valence-electron chi connectivity index (χ0n) is 9.71. The van der Waals surface area contributed by atoms with Gasteiger partial charge >= 0.3 is 0 Å². The van der Waals surface area contributed by atoms with E-state index in [-0.39, 0.29) is 6.04 Å². The van der Waals surface area contributed by atoms with Crippen LogP contribution in [-0.2, 0) is 6.42 Å². The van der Waals surface area contributed by atoms with Crippen LogP contribution in [-0.4, -0.2) is 0 Å². The highest BCUT2D eigenvalue weighted by Gasteiger charge is 2.12. The fraction of sp³-hybridized carbons (Fsp3) is 0.231. The summed E-state index contributed by atoms with van der Waals surface area (Å²) in [5, 5.41) is 1.15. The number of halogens is 3. The zero-order chi connectivity index (χ0) is 13.3. The molecule has 2 N–H and O–H groups in total. The monoisotopic (exact) mass is 363 g/mol. The van der Waals surface area contributed by atoms with Gasteiger partial charge in [0.15, 0.2) is 0 Å². The first-order chi connectivity index (χ1) is 8.47. The number of nitrogens with two attached hydrogens (primary N) is 1. The molecule has 18 heavy (non-hydrogen) atoms. The molecule has 0 aliphatic heterocycles. The number of thiophene rings is 1. The van der Waals surface area contributed by atoms with Crippen LogP contribution in [0.5, 0.6) is 0 Å². The van der Waals surface area contributed by atoms with E-state index in [1.807, 2.05) is 18.2 Å². The average Bonchev–Trinajstić information content (AvgIpc) is 2.65. The second kappa shape index (κ2) is 5.93. The summed E-state index contributed by atoms with van der Waals surface area (Å²) >= 11 is 17.1. The average molecular weight is 365 g/mol. The molecule has 96 valence electrons. The van der Waals surface area contributed by atoms with Crippen LogP contribution in [0.1, 0.15) is 21.4 Å². The number of benzene rings is 1. The second-order valence-corrected chi connectivity index (χ2v) is 7.07. The lowest BCUT2D eigenvalue weighted by Gasteiger charge is -2.10. The number of rotatable bonds is 3. The lowest BCUT2D eigenvalue weighted by molar-refractivity contribution is 0.736. The van der Waals surface area contributed by atoms with E-state index in [2.05, 4.69) is 28.9 Å². The molecule has 1 aromatic heterocycles. The van der Waals surface area contributed by atoms with Crippen molar-refractivity contribution in [2.45, 2.75) is 19.4 Å². The fourth-order valence-electron chi connectivity index (χ4n) is 1.69. The molecule has 0 saturated heterocycles. The molecule has 0 aliphatic carbocycles. The van der Waals surface area contributed by atoms with Gasteiger partial charge in [-0.05, 0) is 53.0 Å². The van der Waals surface area contributed by atoms with Crippen LogP contribution in [0.4, 0.5) is 0 Å². The van der Waals surface area contributed by atoms with Crippen LogP contribution in [0, 0.1) is 6.92 Å². The molecule has 1 unspecified atom stereocenters. The highest BCUT2D eigenvalue weighted by molar-refractivity contribution is 9.10. The van der Waals surface area contributed by atoms with Crippen LogP contribution in [0.15, 0.2) is 28.7 Å². The van der Waals surface area contributed by atoms with E-state index in [1.54, 1.807) is 11.3 Å². The Labute approximate surface area is 129 Å². The molecule has 0 saturated carbocycles. The van der Waals surface area contributed by atoms with Gasteiger partial charge in [0, 0.05) is 20.3 Å². The minimum Gasteiger partial charge on any atom is -0.323 e. The summed E-state index contributed by atoms with van der Waals surface area (Å²) in [6, 6.07) is 7.71. The molecule has 0 radical (unpaired) electrons. The van der Waals surface area contributed by atoms with E-state index in [1.165, 1.54) is 9.75 Å². The third-order valence-electron chi connectivity index (χ3n) is 2.68. The van der Waals surface area contributed by atoms with Gasteiger partial charge in [-0.15, -0.1) is 11.3 Å². The minimum atomic E-state index is -0.0164. The van der Waals surface area contributed by atoms with Gasteiger partial charge in [-0.25, -0.2) is 0 Å². The van der Waals surface area contributed by atoms with Crippen molar-refractivity contribution < 1.29 is 0 Å². The molecule has 0 bridgehead atoms. The van der Waals surface area contributed by atoms with Crippen molar-refractivity contribution in [3.8, 4) is 0 Å². The first-order valence-corrected chi connectivity index (χ1v) is 7.79. The Morgan fingerprint density at radius 2 is 2.00 bits per heavy atom. The standard InChI is InChI=1S/C13H12BrCl2NS/c1-7-9(14)6-13(18-7)12(17)5-8-2-3-10(15)11(16)4-8/h2-4,6,12H,5,17H2,1H3. The summed E-state index contributed by atoms with van der Waals surface area (Å²) in [5.41, 5.74) is 7.31. The molecule has 0 spiro atoms. The van der Waals surface area contributed by atoms with Crippen LogP contribution >= 0.6 is 50.5 Å². The van der Waals surface area contributed by atoms with Gasteiger partial charge in [-0.3, -0.25) is 0 Å². The largest absolute Gasteiger partial charge is 0.323 e. The molecule has 0 aliphatic rings. The molecule has 1 aromatic carbocycles. The third-order valence-corrected chi connectivity index (χ3v) is 5.69. The normalized spacial score (nSPS) is 12.7. The Balaban J connectivity index is 2.15. The molecule has 5 heteroatoms. The van der Waals surface area contributed by atoms with Crippen LogP contribution in [0.2, 0.25) is 10.0 Å². The predicted molar refractivity (Wildman–Crippen MR) is 83.9 cm³/mol. The quantitative estimate of drug-likeness (QED) is 0.778. The lowest BCUT2D eigenvalue weighted by atomic mass is 10.1. The van der Waals surface area contributed by atoms with Crippen LogP contribution in [0.3, 0.4) is 0 Å². The Bertz CT molecular complexity index is 549. The van der Waals surface area contributed by atoms with E-state index in [4.69, 9.17) is 28.9 Å². The smallest absolute Gasteiger partial charge is 0.0595 e. The first kappa shape index (κ1) is 14.4. The van der Waals surface area contributed by atoms with Crippen molar-refractivity contribution in [2.24, 2.45) is 5.73 Å². The highest BCUT2D eigenvalue weighted by Crippen LogP contribution is 2.32. The second-order valence-electron chi connectivity index (χ2n) is 4.11. The Morgan fingerprint density at radius 1 is 1.28 bits per heavy atom. The van der Waals surface area contributed by atoms with Crippen molar-refractivity contribution in [2.75, 3.05) is 0 Å². The summed E-state index contributed by atoms with van der Waals surface area (Å²) in [5.74, 6) is 0. The Hall–Kier alpha value is -0.0600. The zero-order valence-corrected chi connectivity index (χ0v) is 13.6. The summed E-state index contributed by atoms with van der Waals surface area (Å²) in [6.45, 7) is 2.07. The van der Waals surface area contributed by atoms with E-state index >= 15 is 0 Å². The minimum absolute atomic E-state index is 0.0164. The maximum Gasteiger partial charge on any atom is 0.0595 e. The van der Waals surface area contributed by atoms with Crippen molar-refractivity contribution in [1.82, 2.24) is 0 Å². The summed E-state index contributed by atoms with van der Waals surface area (Å²) in [7, 11) is 0. The van der Waals surface area contributed by atoms with E-state index in [0.29, 0.717) is 10.0 Å². The van der Waals surface area contributed by atoms with Gasteiger partial charge in [0.1, 0.15) is 0 Å². The van der Waals surface area contributed by atoms with Gasteiger partial charge < -0.3 is 5.73 Å². The molecule has 1 nitrogen and oxygen atoms in total. The number of hydrogen-bond acceptors (Lipinski definition) is 2. The Morgan fingerprint density at radius 3 is 2.56 bits per heavy atom.